The second-order valence-corrected chi connectivity index (χ2v) is 8.26. The molecule has 0 unspecified atom stereocenters. The quantitative estimate of drug-likeness (QED) is 0.871. The summed E-state index contributed by atoms with van der Waals surface area (Å²) in [4.78, 5) is 6.75. The molecule has 0 amide bonds. The highest BCUT2D eigenvalue weighted by molar-refractivity contribution is 7.88. The Morgan fingerprint density at radius 2 is 2.00 bits per heavy atom. The SMILES string of the molecule is CS(=O)(=O)NC[C@H]1CCN(Cc2ccc(-c3ccccn3)cc2)C1. The van der Waals surface area contributed by atoms with Gasteiger partial charge in [0.25, 0.3) is 0 Å². The number of pyridine rings is 1. The van der Waals surface area contributed by atoms with Crippen molar-refractivity contribution < 1.29 is 8.42 Å². The number of rotatable bonds is 6. The molecule has 1 atom stereocenters. The Morgan fingerprint density at radius 3 is 2.67 bits per heavy atom. The normalized spacial score (nSPS) is 18.8. The zero-order chi connectivity index (χ0) is 17.0. The van der Waals surface area contributed by atoms with Gasteiger partial charge in [0, 0.05) is 31.4 Å². The Balaban J connectivity index is 1.54. The van der Waals surface area contributed by atoms with Crippen molar-refractivity contribution in [1.82, 2.24) is 14.6 Å². The molecule has 1 aromatic carbocycles. The first-order valence-corrected chi connectivity index (χ1v) is 10.1. The lowest BCUT2D eigenvalue weighted by Gasteiger charge is -2.16. The van der Waals surface area contributed by atoms with Gasteiger partial charge in [0.15, 0.2) is 0 Å². The van der Waals surface area contributed by atoms with Crippen LogP contribution in [0.3, 0.4) is 0 Å². The summed E-state index contributed by atoms with van der Waals surface area (Å²) in [6.45, 7) is 3.38. The first kappa shape index (κ1) is 17.1. The lowest BCUT2D eigenvalue weighted by atomic mass is 10.1. The molecule has 1 saturated heterocycles. The molecule has 0 radical (unpaired) electrons. The van der Waals surface area contributed by atoms with Gasteiger partial charge in [-0.2, -0.15) is 0 Å². The van der Waals surface area contributed by atoms with E-state index in [1.165, 1.54) is 11.8 Å². The van der Waals surface area contributed by atoms with E-state index < -0.39 is 10.0 Å². The fourth-order valence-electron chi connectivity index (χ4n) is 3.06. The van der Waals surface area contributed by atoms with Crippen LogP contribution in [0.1, 0.15) is 12.0 Å². The Bertz CT molecular complexity index is 761. The molecule has 1 aliphatic heterocycles. The molecule has 1 N–H and O–H groups in total. The lowest BCUT2D eigenvalue weighted by molar-refractivity contribution is 0.316. The average molecular weight is 345 g/mol. The monoisotopic (exact) mass is 345 g/mol. The Morgan fingerprint density at radius 1 is 1.21 bits per heavy atom. The van der Waals surface area contributed by atoms with Gasteiger partial charge in [-0.15, -0.1) is 0 Å². The van der Waals surface area contributed by atoms with Crippen molar-refractivity contribution >= 4 is 10.0 Å². The smallest absolute Gasteiger partial charge is 0.208 e. The van der Waals surface area contributed by atoms with Crippen molar-refractivity contribution in [2.24, 2.45) is 5.92 Å². The lowest BCUT2D eigenvalue weighted by Crippen LogP contribution is -2.30. The first-order chi connectivity index (χ1) is 11.5. The molecule has 2 aromatic rings. The van der Waals surface area contributed by atoms with Crippen LogP contribution in [-0.4, -0.2) is 44.2 Å². The summed E-state index contributed by atoms with van der Waals surface area (Å²) in [5, 5.41) is 0. The highest BCUT2D eigenvalue weighted by atomic mass is 32.2. The van der Waals surface area contributed by atoms with Crippen LogP contribution in [0.25, 0.3) is 11.3 Å². The van der Waals surface area contributed by atoms with Crippen molar-refractivity contribution in [2.45, 2.75) is 13.0 Å². The van der Waals surface area contributed by atoms with Gasteiger partial charge in [0.1, 0.15) is 0 Å². The van der Waals surface area contributed by atoms with Crippen LogP contribution in [0, 0.1) is 5.92 Å². The largest absolute Gasteiger partial charge is 0.299 e. The van der Waals surface area contributed by atoms with Gasteiger partial charge in [-0.3, -0.25) is 9.88 Å². The van der Waals surface area contributed by atoms with Crippen molar-refractivity contribution in [3.05, 3.63) is 54.2 Å². The number of hydrogen-bond acceptors (Lipinski definition) is 4. The number of sulfonamides is 1. The van der Waals surface area contributed by atoms with Gasteiger partial charge >= 0.3 is 0 Å². The van der Waals surface area contributed by atoms with Gasteiger partial charge in [-0.05, 0) is 36.6 Å². The van der Waals surface area contributed by atoms with Crippen LogP contribution in [0.2, 0.25) is 0 Å². The summed E-state index contributed by atoms with van der Waals surface area (Å²) in [5.74, 6) is 0.396. The van der Waals surface area contributed by atoms with Gasteiger partial charge < -0.3 is 0 Å². The third-order valence-electron chi connectivity index (χ3n) is 4.32. The Hall–Kier alpha value is -1.76. The summed E-state index contributed by atoms with van der Waals surface area (Å²) in [6, 6.07) is 14.4. The molecule has 0 saturated carbocycles. The third-order valence-corrected chi connectivity index (χ3v) is 5.02. The Labute approximate surface area is 143 Å². The summed E-state index contributed by atoms with van der Waals surface area (Å²) < 4.78 is 25.0. The molecule has 24 heavy (non-hydrogen) atoms. The highest BCUT2D eigenvalue weighted by Gasteiger charge is 2.23. The third kappa shape index (κ3) is 4.87. The summed E-state index contributed by atoms with van der Waals surface area (Å²) in [5.41, 5.74) is 3.37. The second-order valence-electron chi connectivity index (χ2n) is 6.42. The predicted molar refractivity (Wildman–Crippen MR) is 95.9 cm³/mol. The van der Waals surface area contributed by atoms with Gasteiger partial charge in [-0.25, -0.2) is 13.1 Å². The zero-order valence-electron chi connectivity index (χ0n) is 13.9. The number of hydrogen-bond donors (Lipinski definition) is 1. The first-order valence-electron chi connectivity index (χ1n) is 8.17. The molecule has 3 rings (SSSR count). The molecule has 5 nitrogen and oxygen atoms in total. The zero-order valence-corrected chi connectivity index (χ0v) is 14.7. The summed E-state index contributed by atoms with van der Waals surface area (Å²) in [6.07, 6.45) is 4.05. The number of benzene rings is 1. The number of nitrogens with one attached hydrogen (secondary N) is 1. The van der Waals surface area contributed by atoms with E-state index in [2.05, 4.69) is 38.9 Å². The van der Waals surface area contributed by atoms with Crippen LogP contribution in [-0.2, 0) is 16.6 Å². The maximum absolute atomic E-state index is 11.2. The maximum Gasteiger partial charge on any atom is 0.208 e. The van der Waals surface area contributed by atoms with E-state index in [1.54, 1.807) is 6.20 Å². The van der Waals surface area contributed by atoms with Gasteiger partial charge in [-0.1, -0.05) is 30.3 Å². The van der Waals surface area contributed by atoms with Crippen molar-refractivity contribution in [1.29, 1.82) is 0 Å². The van der Waals surface area contributed by atoms with Crippen LogP contribution in [0.4, 0.5) is 0 Å². The number of nitrogens with zero attached hydrogens (tertiary/aromatic N) is 2. The summed E-state index contributed by atoms with van der Waals surface area (Å²) in [7, 11) is -3.09. The van der Waals surface area contributed by atoms with E-state index in [9.17, 15) is 8.42 Å². The second kappa shape index (κ2) is 7.42. The van der Waals surface area contributed by atoms with Crippen LogP contribution in [0.15, 0.2) is 48.7 Å². The maximum atomic E-state index is 11.2. The van der Waals surface area contributed by atoms with Crippen molar-refractivity contribution in [3.63, 3.8) is 0 Å². The minimum absolute atomic E-state index is 0.396. The van der Waals surface area contributed by atoms with Gasteiger partial charge in [0.05, 0.1) is 11.9 Å². The molecule has 1 aromatic heterocycles. The average Bonchev–Trinajstić information content (AvgIpc) is 3.01. The number of aromatic nitrogens is 1. The van der Waals surface area contributed by atoms with Crippen LogP contribution < -0.4 is 4.72 Å². The predicted octanol–water partition coefficient (Wildman–Crippen LogP) is 2.12. The van der Waals surface area contributed by atoms with Gasteiger partial charge in [0.2, 0.25) is 10.0 Å². The molecule has 1 aliphatic rings. The van der Waals surface area contributed by atoms with Crippen LogP contribution >= 0.6 is 0 Å². The number of likely N-dealkylation sites (tertiary alicyclic amines) is 1. The molecule has 0 aliphatic carbocycles. The Kier molecular flexibility index (Phi) is 5.28. The standard InChI is InChI=1S/C18H23N3O2S/c1-24(22,23)20-12-16-9-11-21(14-16)13-15-5-7-17(8-6-15)18-4-2-3-10-19-18/h2-8,10,16,20H,9,11-14H2,1H3/t16-/m1/s1. The van der Waals surface area contributed by atoms with Crippen LogP contribution in [0.5, 0.6) is 0 Å². The molecule has 0 bridgehead atoms. The summed E-state index contributed by atoms with van der Waals surface area (Å²) >= 11 is 0. The molecule has 0 spiro atoms. The van der Waals surface area contributed by atoms with E-state index >= 15 is 0 Å². The van der Waals surface area contributed by atoms with E-state index in [0.717, 1.165) is 37.3 Å². The minimum Gasteiger partial charge on any atom is -0.299 e. The van der Waals surface area contributed by atoms with E-state index in [-0.39, 0.29) is 0 Å². The molecular weight excluding hydrogens is 322 g/mol. The molecular formula is C18H23N3O2S. The molecule has 1 fully saturated rings. The molecule has 128 valence electrons. The molecule has 2 heterocycles. The molecule has 6 heteroatoms. The fourth-order valence-corrected chi connectivity index (χ4v) is 3.60. The van der Waals surface area contributed by atoms with E-state index in [0.29, 0.717) is 12.5 Å². The minimum atomic E-state index is -3.09. The van der Waals surface area contributed by atoms with Crippen molar-refractivity contribution in [2.75, 3.05) is 25.9 Å². The topological polar surface area (TPSA) is 62.3 Å². The van der Waals surface area contributed by atoms with E-state index in [1.807, 2.05) is 18.2 Å². The highest BCUT2D eigenvalue weighted by Crippen LogP contribution is 2.21. The van der Waals surface area contributed by atoms with Crippen molar-refractivity contribution in [3.8, 4) is 11.3 Å². The fraction of sp³-hybridized carbons (Fsp3) is 0.389. The van der Waals surface area contributed by atoms with E-state index in [4.69, 9.17) is 0 Å².